The second kappa shape index (κ2) is 9.87. The number of halogens is 2. The van der Waals surface area contributed by atoms with Crippen LogP contribution in [0.1, 0.15) is 59.5 Å². The Kier molecular flexibility index (Phi) is 6.91. The Morgan fingerprint density at radius 1 is 1.32 bits per heavy atom. The van der Waals surface area contributed by atoms with E-state index < -0.39 is 17.9 Å². The zero-order valence-corrected chi connectivity index (χ0v) is 22.4. The fraction of sp³-hybridized carbons (Fsp3) is 0.519. The van der Waals surface area contributed by atoms with Crippen LogP contribution < -0.4 is 10.9 Å². The second-order valence-electron chi connectivity index (χ2n) is 10.3. The molecule has 10 heteroatoms. The molecule has 0 aromatic carbocycles. The Balaban J connectivity index is 1.45. The Bertz CT molecular complexity index is 1400. The molecule has 1 aliphatic carbocycles. The summed E-state index contributed by atoms with van der Waals surface area (Å²) in [6.45, 7) is 5.92. The molecule has 3 aromatic heterocycles. The molecular formula is C27H33F2N5O2S. The summed E-state index contributed by atoms with van der Waals surface area (Å²) in [5.74, 6) is -4.05. The number of carbonyl (C=O) groups is 1. The van der Waals surface area contributed by atoms with Crippen LogP contribution in [0.4, 0.5) is 8.78 Å². The number of rotatable bonds is 7. The number of piperidine rings is 1. The zero-order valence-electron chi connectivity index (χ0n) is 21.6. The van der Waals surface area contributed by atoms with Crippen molar-refractivity contribution >= 4 is 28.7 Å². The van der Waals surface area contributed by atoms with Gasteiger partial charge in [-0.3, -0.25) is 14.5 Å². The molecule has 0 bridgehead atoms. The SMILES string of the molecule is CSc1cc(C)[nH]c(=O)c1CNC(=O)c1c(C)n([C@H](C)[C@@H]2CCN(C3CC3)CC2(F)F)c2ncccc12. The predicted octanol–water partition coefficient (Wildman–Crippen LogP) is 4.67. The lowest BCUT2D eigenvalue weighted by molar-refractivity contribution is -0.126. The average Bonchev–Trinajstić information content (AvgIpc) is 3.65. The van der Waals surface area contributed by atoms with Crippen LogP contribution in [-0.2, 0) is 6.54 Å². The molecular weight excluding hydrogens is 496 g/mol. The number of pyridine rings is 2. The van der Waals surface area contributed by atoms with Crippen molar-refractivity contribution in [1.29, 1.82) is 0 Å². The number of nitrogens with one attached hydrogen (secondary N) is 2. The van der Waals surface area contributed by atoms with E-state index in [0.29, 0.717) is 46.9 Å². The van der Waals surface area contributed by atoms with Crippen LogP contribution in [-0.4, -0.2) is 56.7 Å². The van der Waals surface area contributed by atoms with E-state index >= 15 is 8.78 Å². The lowest BCUT2D eigenvalue weighted by Crippen LogP contribution is -2.51. The van der Waals surface area contributed by atoms with Crippen molar-refractivity contribution in [1.82, 2.24) is 24.8 Å². The minimum atomic E-state index is -2.83. The Hall–Kier alpha value is -2.72. The molecule has 7 nitrogen and oxygen atoms in total. The highest BCUT2D eigenvalue weighted by Crippen LogP contribution is 2.44. The number of aromatic amines is 1. The lowest BCUT2D eigenvalue weighted by atomic mass is 9.86. The molecule has 0 radical (unpaired) electrons. The molecule has 2 atom stereocenters. The smallest absolute Gasteiger partial charge is 0.265 e. The number of hydrogen-bond acceptors (Lipinski definition) is 5. The summed E-state index contributed by atoms with van der Waals surface area (Å²) in [6, 6.07) is 5.18. The van der Waals surface area contributed by atoms with Crippen LogP contribution in [0.5, 0.6) is 0 Å². The number of aryl methyl sites for hydroxylation is 1. The first-order valence-electron chi connectivity index (χ1n) is 12.7. The van der Waals surface area contributed by atoms with Gasteiger partial charge in [0.2, 0.25) is 0 Å². The molecule has 37 heavy (non-hydrogen) atoms. The van der Waals surface area contributed by atoms with E-state index in [0.717, 1.165) is 23.4 Å². The molecule has 2 aliphatic rings. The number of aromatic nitrogens is 3. The third-order valence-electron chi connectivity index (χ3n) is 7.85. The summed E-state index contributed by atoms with van der Waals surface area (Å²) < 4.78 is 32.6. The molecule has 1 saturated heterocycles. The number of thioether (sulfide) groups is 1. The van der Waals surface area contributed by atoms with Gasteiger partial charge in [-0.25, -0.2) is 13.8 Å². The minimum Gasteiger partial charge on any atom is -0.348 e. The van der Waals surface area contributed by atoms with Crippen LogP contribution in [0.15, 0.2) is 34.1 Å². The van der Waals surface area contributed by atoms with Crippen molar-refractivity contribution in [3.05, 3.63) is 57.3 Å². The van der Waals surface area contributed by atoms with Crippen molar-refractivity contribution in [2.45, 2.75) is 69.5 Å². The summed E-state index contributed by atoms with van der Waals surface area (Å²) in [6.07, 6.45) is 5.91. The maximum atomic E-state index is 15.4. The van der Waals surface area contributed by atoms with E-state index in [2.05, 4.69) is 15.3 Å². The van der Waals surface area contributed by atoms with E-state index in [9.17, 15) is 9.59 Å². The molecule has 198 valence electrons. The highest BCUT2D eigenvalue weighted by molar-refractivity contribution is 7.98. The number of likely N-dealkylation sites (tertiary alicyclic amines) is 1. The maximum Gasteiger partial charge on any atom is 0.265 e. The number of nitrogens with zero attached hydrogens (tertiary/aromatic N) is 3. The lowest BCUT2D eigenvalue weighted by Gasteiger charge is -2.41. The largest absolute Gasteiger partial charge is 0.348 e. The number of hydrogen-bond donors (Lipinski definition) is 2. The summed E-state index contributed by atoms with van der Waals surface area (Å²) in [7, 11) is 0. The average molecular weight is 530 g/mol. The Morgan fingerprint density at radius 3 is 2.76 bits per heavy atom. The van der Waals surface area contributed by atoms with Crippen molar-refractivity contribution in [3.63, 3.8) is 0 Å². The van der Waals surface area contributed by atoms with Crippen LogP contribution in [0.25, 0.3) is 11.0 Å². The van der Waals surface area contributed by atoms with Gasteiger partial charge in [0.1, 0.15) is 5.65 Å². The first-order chi connectivity index (χ1) is 17.6. The minimum absolute atomic E-state index is 0.0598. The van der Waals surface area contributed by atoms with Gasteiger partial charge in [-0.15, -0.1) is 11.8 Å². The van der Waals surface area contributed by atoms with Gasteiger partial charge < -0.3 is 14.9 Å². The van der Waals surface area contributed by atoms with Gasteiger partial charge in [0.05, 0.1) is 12.1 Å². The summed E-state index contributed by atoms with van der Waals surface area (Å²) in [5, 5.41) is 3.50. The van der Waals surface area contributed by atoms with Crippen molar-refractivity contribution in [3.8, 4) is 0 Å². The van der Waals surface area contributed by atoms with Crippen molar-refractivity contribution in [2.24, 2.45) is 5.92 Å². The molecule has 1 amide bonds. The third kappa shape index (κ3) is 4.81. The molecule has 2 fully saturated rings. The zero-order chi connectivity index (χ0) is 26.5. The van der Waals surface area contributed by atoms with Crippen LogP contribution >= 0.6 is 11.8 Å². The van der Waals surface area contributed by atoms with E-state index in [4.69, 9.17) is 0 Å². The number of carbonyl (C=O) groups excluding carboxylic acids is 1. The van der Waals surface area contributed by atoms with Gasteiger partial charge in [-0.2, -0.15) is 0 Å². The summed E-state index contributed by atoms with van der Waals surface area (Å²) in [4.78, 5) is 36.0. The molecule has 1 saturated carbocycles. The maximum absolute atomic E-state index is 15.4. The topological polar surface area (TPSA) is 83.0 Å². The first kappa shape index (κ1) is 25.9. The van der Waals surface area contributed by atoms with Crippen LogP contribution in [0.2, 0.25) is 0 Å². The molecule has 0 spiro atoms. The van der Waals surface area contributed by atoms with Crippen LogP contribution in [0, 0.1) is 19.8 Å². The monoisotopic (exact) mass is 529 g/mol. The van der Waals surface area contributed by atoms with Crippen molar-refractivity contribution < 1.29 is 13.6 Å². The summed E-state index contributed by atoms with van der Waals surface area (Å²) >= 11 is 1.45. The summed E-state index contributed by atoms with van der Waals surface area (Å²) in [5.41, 5.74) is 2.53. The van der Waals surface area contributed by atoms with E-state index in [1.165, 1.54) is 11.8 Å². The standard InChI is InChI=1S/C27H33F2N5O2S/c1-15-12-22(37-4)20(25(35)32-15)13-31-26(36)23-17(3)34(24-19(23)6-5-10-30-24)16(2)21-9-11-33(18-7-8-18)14-27(21,28)29/h5-6,10,12,16,18,21H,7-9,11,13-14H2,1-4H3,(H,31,36)(H,32,35)/t16-,21+/m1/s1. The van der Waals surface area contributed by atoms with Gasteiger partial charge in [-0.1, -0.05) is 0 Å². The van der Waals surface area contributed by atoms with Crippen molar-refractivity contribution in [2.75, 3.05) is 19.3 Å². The molecule has 0 unspecified atom stereocenters. The van der Waals surface area contributed by atoms with E-state index in [1.807, 2.05) is 35.6 Å². The molecule has 2 N–H and O–H groups in total. The molecule has 1 aliphatic heterocycles. The third-order valence-corrected chi connectivity index (χ3v) is 8.65. The Morgan fingerprint density at radius 2 is 2.08 bits per heavy atom. The highest BCUT2D eigenvalue weighted by atomic mass is 32.2. The fourth-order valence-corrected chi connectivity index (χ4v) is 6.55. The van der Waals surface area contributed by atoms with Gasteiger partial charge in [0.25, 0.3) is 17.4 Å². The van der Waals surface area contributed by atoms with Gasteiger partial charge >= 0.3 is 0 Å². The van der Waals surface area contributed by atoms with Gasteiger partial charge in [0.15, 0.2) is 0 Å². The number of alkyl halides is 2. The highest BCUT2D eigenvalue weighted by Gasteiger charge is 2.50. The van der Waals surface area contributed by atoms with E-state index in [1.54, 1.807) is 25.3 Å². The predicted molar refractivity (Wildman–Crippen MR) is 142 cm³/mol. The molecule has 5 rings (SSSR count). The fourth-order valence-electron chi connectivity index (χ4n) is 5.84. The quantitative estimate of drug-likeness (QED) is 0.435. The molecule has 3 aromatic rings. The number of amides is 1. The van der Waals surface area contributed by atoms with Crippen LogP contribution in [0.3, 0.4) is 0 Å². The second-order valence-corrected chi connectivity index (χ2v) is 11.2. The Labute approximate surface area is 219 Å². The van der Waals surface area contributed by atoms with Gasteiger partial charge in [0, 0.05) is 58.0 Å². The normalized spacial score (nSPS) is 20.8. The number of H-pyrrole nitrogens is 1. The van der Waals surface area contributed by atoms with Gasteiger partial charge in [-0.05, 0) is 71.0 Å². The first-order valence-corrected chi connectivity index (χ1v) is 14.0. The van der Waals surface area contributed by atoms with E-state index in [-0.39, 0.29) is 24.6 Å². The molecule has 4 heterocycles. The number of fused-ring (bicyclic) bond motifs is 1.